The van der Waals surface area contributed by atoms with Gasteiger partial charge in [-0.05, 0) is 25.0 Å². The summed E-state index contributed by atoms with van der Waals surface area (Å²) in [6.07, 6.45) is 5.35. The highest BCUT2D eigenvalue weighted by atomic mass is 16.5. The first kappa shape index (κ1) is 12.8. The SMILES string of the molecule is CCCCN(CCC)c1ncccc1OC. The number of anilines is 1. The van der Waals surface area contributed by atoms with Crippen LogP contribution in [0, 0.1) is 0 Å². The van der Waals surface area contributed by atoms with Gasteiger partial charge in [-0.1, -0.05) is 20.3 Å². The third kappa shape index (κ3) is 3.40. The van der Waals surface area contributed by atoms with Crippen LogP contribution in [0.25, 0.3) is 0 Å². The third-order valence-corrected chi connectivity index (χ3v) is 2.55. The second-order valence-electron chi connectivity index (χ2n) is 3.87. The van der Waals surface area contributed by atoms with Crippen LogP contribution in [0.1, 0.15) is 33.1 Å². The Morgan fingerprint density at radius 3 is 2.69 bits per heavy atom. The smallest absolute Gasteiger partial charge is 0.171 e. The number of ether oxygens (including phenoxy) is 1. The van der Waals surface area contributed by atoms with Crippen molar-refractivity contribution in [1.29, 1.82) is 0 Å². The molecule has 0 aliphatic heterocycles. The van der Waals surface area contributed by atoms with Gasteiger partial charge in [-0.25, -0.2) is 4.98 Å². The van der Waals surface area contributed by atoms with Crippen molar-refractivity contribution in [2.24, 2.45) is 0 Å². The van der Waals surface area contributed by atoms with Crippen LogP contribution < -0.4 is 9.64 Å². The molecule has 1 aromatic heterocycles. The molecule has 0 aliphatic carbocycles. The van der Waals surface area contributed by atoms with E-state index in [0.29, 0.717) is 0 Å². The highest BCUT2D eigenvalue weighted by Gasteiger charge is 2.11. The molecule has 1 aromatic rings. The Morgan fingerprint density at radius 2 is 2.06 bits per heavy atom. The first-order valence-corrected chi connectivity index (χ1v) is 6.07. The van der Waals surface area contributed by atoms with Gasteiger partial charge in [0.05, 0.1) is 7.11 Å². The number of hydrogen-bond donors (Lipinski definition) is 0. The highest BCUT2D eigenvalue weighted by Crippen LogP contribution is 2.25. The Hall–Kier alpha value is -1.25. The number of hydrogen-bond acceptors (Lipinski definition) is 3. The van der Waals surface area contributed by atoms with Crippen LogP contribution in [0.3, 0.4) is 0 Å². The second-order valence-corrected chi connectivity index (χ2v) is 3.87. The van der Waals surface area contributed by atoms with Gasteiger partial charge in [0.1, 0.15) is 0 Å². The summed E-state index contributed by atoms with van der Waals surface area (Å²) >= 11 is 0. The van der Waals surface area contributed by atoms with E-state index >= 15 is 0 Å². The standard InChI is InChI=1S/C13H22N2O/c1-4-6-11-15(10-5-2)13-12(16-3)8-7-9-14-13/h7-9H,4-6,10-11H2,1-3H3. The molecule has 0 N–H and O–H groups in total. The minimum Gasteiger partial charge on any atom is -0.493 e. The molecular formula is C13H22N2O. The zero-order chi connectivity index (χ0) is 11.8. The van der Waals surface area contributed by atoms with Gasteiger partial charge < -0.3 is 9.64 Å². The van der Waals surface area contributed by atoms with E-state index in [9.17, 15) is 0 Å². The maximum Gasteiger partial charge on any atom is 0.171 e. The molecule has 0 unspecified atom stereocenters. The molecule has 0 saturated carbocycles. The van der Waals surface area contributed by atoms with Gasteiger partial charge >= 0.3 is 0 Å². The lowest BCUT2D eigenvalue weighted by Gasteiger charge is -2.24. The van der Waals surface area contributed by atoms with Crippen molar-refractivity contribution in [2.75, 3.05) is 25.1 Å². The molecule has 0 saturated heterocycles. The molecule has 0 amide bonds. The van der Waals surface area contributed by atoms with Crippen LogP contribution in [0.15, 0.2) is 18.3 Å². The number of pyridine rings is 1. The molecule has 0 aromatic carbocycles. The van der Waals surface area contributed by atoms with Crippen LogP contribution in [0.4, 0.5) is 5.82 Å². The average Bonchev–Trinajstić information content (AvgIpc) is 2.34. The minimum absolute atomic E-state index is 0.868. The zero-order valence-corrected chi connectivity index (χ0v) is 10.6. The van der Waals surface area contributed by atoms with Crippen LogP contribution in [-0.4, -0.2) is 25.2 Å². The topological polar surface area (TPSA) is 25.4 Å². The number of methoxy groups -OCH3 is 1. The van der Waals surface area contributed by atoms with Gasteiger partial charge in [-0.15, -0.1) is 0 Å². The van der Waals surface area contributed by atoms with Gasteiger partial charge in [-0.3, -0.25) is 0 Å². The van der Waals surface area contributed by atoms with E-state index in [1.807, 2.05) is 18.3 Å². The number of unbranched alkanes of at least 4 members (excludes halogenated alkanes) is 1. The quantitative estimate of drug-likeness (QED) is 0.709. The molecular weight excluding hydrogens is 200 g/mol. The molecule has 0 bridgehead atoms. The minimum atomic E-state index is 0.868. The second kappa shape index (κ2) is 7.09. The molecule has 0 atom stereocenters. The summed E-state index contributed by atoms with van der Waals surface area (Å²) in [5, 5.41) is 0. The summed E-state index contributed by atoms with van der Waals surface area (Å²) in [6, 6.07) is 3.88. The summed E-state index contributed by atoms with van der Waals surface area (Å²) < 4.78 is 5.35. The fourth-order valence-corrected chi connectivity index (χ4v) is 1.72. The van der Waals surface area contributed by atoms with Gasteiger partial charge in [-0.2, -0.15) is 0 Å². The summed E-state index contributed by atoms with van der Waals surface area (Å²) in [5.41, 5.74) is 0. The molecule has 0 radical (unpaired) electrons. The molecule has 1 rings (SSSR count). The van der Waals surface area contributed by atoms with Crippen LogP contribution in [0.2, 0.25) is 0 Å². The van der Waals surface area contributed by atoms with Crippen LogP contribution in [-0.2, 0) is 0 Å². The van der Waals surface area contributed by atoms with E-state index < -0.39 is 0 Å². The lowest BCUT2D eigenvalue weighted by molar-refractivity contribution is 0.412. The maximum absolute atomic E-state index is 5.35. The predicted molar refractivity (Wildman–Crippen MR) is 68.2 cm³/mol. The summed E-state index contributed by atoms with van der Waals surface area (Å²) in [5.74, 6) is 1.84. The van der Waals surface area contributed by atoms with Crippen LogP contribution >= 0.6 is 0 Å². The highest BCUT2D eigenvalue weighted by molar-refractivity contribution is 5.51. The predicted octanol–water partition coefficient (Wildman–Crippen LogP) is 3.11. The van der Waals surface area contributed by atoms with Crippen molar-refractivity contribution in [2.45, 2.75) is 33.1 Å². The van der Waals surface area contributed by atoms with Crippen molar-refractivity contribution in [3.63, 3.8) is 0 Å². The Bertz CT molecular complexity index is 302. The van der Waals surface area contributed by atoms with Gasteiger partial charge in [0.2, 0.25) is 0 Å². The van der Waals surface area contributed by atoms with Crippen molar-refractivity contribution in [1.82, 2.24) is 4.98 Å². The first-order valence-electron chi connectivity index (χ1n) is 6.07. The van der Waals surface area contributed by atoms with E-state index in [1.165, 1.54) is 12.8 Å². The van der Waals surface area contributed by atoms with E-state index in [4.69, 9.17) is 4.74 Å². The summed E-state index contributed by atoms with van der Waals surface area (Å²) in [4.78, 5) is 6.73. The molecule has 1 heterocycles. The Labute approximate surface area is 98.4 Å². The van der Waals surface area contributed by atoms with E-state index in [0.717, 1.165) is 31.1 Å². The fraction of sp³-hybridized carbons (Fsp3) is 0.615. The van der Waals surface area contributed by atoms with Crippen molar-refractivity contribution in [3.8, 4) is 5.75 Å². The van der Waals surface area contributed by atoms with E-state index in [2.05, 4.69) is 23.7 Å². The van der Waals surface area contributed by atoms with Crippen molar-refractivity contribution in [3.05, 3.63) is 18.3 Å². The molecule has 3 nitrogen and oxygen atoms in total. The van der Waals surface area contributed by atoms with Gasteiger partial charge in [0, 0.05) is 19.3 Å². The largest absolute Gasteiger partial charge is 0.493 e. The Morgan fingerprint density at radius 1 is 1.25 bits per heavy atom. The molecule has 3 heteroatoms. The lowest BCUT2D eigenvalue weighted by atomic mass is 10.3. The Kier molecular flexibility index (Phi) is 5.68. The van der Waals surface area contributed by atoms with Gasteiger partial charge in [0.15, 0.2) is 11.6 Å². The van der Waals surface area contributed by atoms with Crippen LogP contribution in [0.5, 0.6) is 5.75 Å². The normalized spacial score (nSPS) is 10.2. The molecule has 0 fully saturated rings. The zero-order valence-electron chi connectivity index (χ0n) is 10.6. The lowest BCUT2D eigenvalue weighted by Crippen LogP contribution is -2.26. The number of nitrogens with zero attached hydrogens (tertiary/aromatic N) is 2. The van der Waals surface area contributed by atoms with Crippen molar-refractivity contribution >= 4 is 5.82 Å². The Balaban J connectivity index is 2.81. The maximum atomic E-state index is 5.35. The van der Waals surface area contributed by atoms with E-state index in [-0.39, 0.29) is 0 Å². The first-order chi connectivity index (χ1) is 7.83. The molecule has 0 aliphatic rings. The molecule has 90 valence electrons. The van der Waals surface area contributed by atoms with Gasteiger partial charge in [0.25, 0.3) is 0 Å². The monoisotopic (exact) mass is 222 g/mol. The summed E-state index contributed by atoms with van der Waals surface area (Å²) in [7, 11) is 1.70. The van der Waals surface area contributed by atoms with Crippen molar-refractivity contribution < 1.29 is 4.74 Å². The summed E-state index contributed by atoms with van der Waals surface area (Å²) in [6.45, 7) is 6.49. The fourth-order valence-electron chi connectivity index (χ4n) is 1.72. The number of rotatable bonds is 7. The average molecular weight is 222 g/mol. The third-order valence-electron chi connectivity index (χ3n) is 2.55. The number of aromatic nitrogens is 1. The molecule has 16 heavy (non-hydrogen) atoms. The molecule has 0 spiro atoms. The van der Waals surface area contributed by atoms with E-state index in [1.54, 1.807) is 7.11 Å².